The van der Waals surface area contributed by atoms with Gasteiger partial charge in [-0.2, -0.15) is 0 Å². The quantitative estimate of drug-likeness (QED) is 0.875. The van der Waals surface area contributed by atoms with Crippen LogP contribution < -0.4 is 10.7 Å². The molecule has 18 heavy (non-hydrogen) atoms. The largest absolute Gasteiger partial charge is 0.319 e. The number of carbonyl (C=O) groups is 1. The number of nitrogens with one attached hydrogen (secondary N) is 1. The van der Waals surface area contributed by atoms with E-state index in [0.29, 0.717) is 5.56 Å². The van der Waals surface area contributed by atoms with Crippen molar-refractivity contribution in [1.29, 1.82) is 0 Å². The maximum absolute atomic E-state index is 11.9. The van der Waals surface area contributed by atoms with Gasteiger partial charge in [-0.05, 0) is 31.2 Å². The predicted octanol–water partition coefficient (Wildman–Crippen LogP) is 2.61. The number of benzene rings is 1. The minimum absolute atomic E-state index is 0.208. The molecule has 0 spiro atoms. The fourth-order valence-corrected chi connectivity index (χ4v) is 1.53. The zero-order chi connectivity index (χ0) is 13.0. The van der Waals surface area contributed by atoms with Crippen molar-refractivity contribution < 1.29 is 4.79 Å². The van der Waals surface area contributed by atoms with Gasteiger partial charge >= 0.3 is 0 Å². The molecule has 0 saturated heterocycles. The topological polar surface area (TPSA) is 46.2 Å². The summed E-state index contributed by atoms with van der Waals surface area (Å²) in [5.41, 5.74) is 1.69. The third-order valence-corrected chi connectivity index (χ3v) is 2.56. The summed E-state index contributed by atoms with van der Waals surface area (Å²) in [7, 11) is 0. The van der Waals surface area contributed by atoms with Crippen molar-refractivity contribution in [1.82, 2.24) is 0 Å². The van der Waals surface area contributed by atoms with Crippen molar-refractivity contribution >= 4 is 11.6 Å². The van der Waals surface area contributed by atoms with Crippen molar-refractivity contribution in [2.45, 2.75) is 6.92 Å². The van der Waals surface area contributed by atoms with Crippen molar-refractivity contribution in [3.8, 4) is 0 Å². The molecule has 0 heterocycles. The lowest BCUT2D eigenvalue weighted by Gasteiger charge is -2.03. The molecule has 2 rings (SSSR count). The van der Waals surface area contributed by atoms with Gasteiger partial charge in [0, 0.05) is 5.56 Å². The van der Waals surface area contributed by atoms with E-state index in [1.54, 1.807) is 36.4 Å². The number of anilines is 1. The maximum Gasteiger partial charge on any atom is 0.255 e. The van der Waals surface area contributed by atoms with Gasteiger partial charge in [0.05, 0.1) is 5.69 Å². The van der Waals surface area contributed by atoms with E-state index in [-0.39, 0.29) is 17.0 Å². The molecule has 0 unspecified atom stereocenters. The molecule has 3 nitrogen and oxygen atoms in total. The van der Waals surface area contributed by atoms with Crippen LogP contribution in [0.3, 0.4) is 0 Å². The highest BCUT2D eigenvalue weighted by molar-refractivity contribution is 6.04. The number of amides is 1. The van der Waals surface area contributed by atoms with Crippen molar-refractivity contribution in [2.24, 2.45) is 0 Å². The van der Waals surface area contributed by atoms with Gasteiger partial charge in [-0.3, -0.25) is 9.59 Å². The van der Waals surface area contributed by atoms with Crippen LogP contribution in [-0.4, -0.2) is 5.91 Å². The van der Waals surface area contributed by atoms with Crippen LogP contribution >= 0.6 is 0 Å². The summed E-state index contributed by atoms with van der Waals surface area (Å²) in [4.78, 5) is 23.6. The molecule has 0 bridgehead atoms. The van der Waals surface area contributed by atoms with Gasteiger partial charge in [0.25, 0.3) is 5.91 Å². The maximum atomic E-state index is 11.9. The van der Waals surface area contributed by atoms with E-state index in [4.69, 9.17) is 0 Å². The molecule has 0 aromatic heterocycles. The highest BCUT2D eigenvalue weighted by Gasteiger charge is 2.06. The summed E-state index contributed by atoms with van der Waals surface area (Å²) in [5.74, 6) is -0.279. The fourth-order valence-electron chi connectivity index (χ4n) is 1.53. The van der Waals surface area contributed by atoms with Crippen LogP contribution in [-0.2, 0) is 0 Å². The second-order valence-electron chi connectivity index (χ2n) is 4.01. The molecule has 0 saturated carbocycles. The average Bonchev–Trinajstić information content (AvgIpc) is 2.56. The Hall–Kier alpha value is -2.42. The van der Waals surface area contributed by atoms with E-state index in [2.05, 4.69) is 5.32 Å². The van der Waals surface area contributed by atoms with Gasteiger partial charge in [-0.1, -0.05) is 35.9 Å². The van der Waals surface area contributed by atoms with E-state index >= 15 is 0 Å². The molecule has 0 fully saturated rings. The van der Waals surface area contributed by atoms with E-state index < -0.39 is 0 Å². The summed E-state index contributed by atoms with van der Waals surface area (Å²) < 4.78 is 0. The highest BCUT2D eigenvalue weighted by atomic mass is 16.2. The zero-order valence-electron chi connectivity index (χ0n) is 10.0. The second-order valence-corrected chi connectivity index (χ2v) is 4.01. The summed E-state index contributed by atoms with van der Waals surface area (Å²) in [5, 5.41) is 2.61. The molecule has 2 aromatic carbocycles. The van der Waals surface area contributed by atoms with Crippen LogP contribution in [0.4, 0.5) is 5.69 Å². The normalized spacial score (nSPS) is 9.83. The molecule has 0 aliphatic carbocycles. The Morgan fingerprint density at radius 3 is 2.33 bits per heavy atom. The number of hydrogen-bond acceptors (Lipinski definition) is 2. The molecule has 0 aliphatic rings. The summed E-state index contributed by atoms with van der Waals surface area (Å²) in [6.07, 6.45) is 0. The molecule has 0 aliphatic heterocycles. The highest BCUT2D eigenvalue weighted by Crippen LogP contribution is 2.06. The van der Waals surface area contributed by atoms with Gasteiger partial charge < -0.3 is 5.32 Å². The molecular weight excluding hydrogens is 226 g/mol. The molecular formula is C15H13NO2. The molecule has 0 atom stereocenters. The van der Waals surface area contributed by atoms with Crippen LogP contribution in [0.1, 0.15) is 15.9 Å². The van der Waals surface area contributed by atoms with Gasteiger partial charge in [0.2, 0.25) is 5.43 Å². The lowest BCUT2D eigenvalue weighted by molar-refractivity contribution is 0.102. The molecule has 3 heteroatoms. The van der Waals surface area contributed by atoms with Crippen LogP contribution in [0, 0.1) is 6.92 Å². The third-order valence-electron chi connectivity index (χ3n) is 2.56. The standard InChI is InChI=1S/C15H13NO2/c1-11-7-9-12(10-8-11)15(18)16-13-5-3-2-4-6-14(13)17/h2-10H,1H3,(H,16,17,18). The number of carbonyl (C=O) groups excluding carboxylic acids is 1. The van der Waals surface area contributed by atoms with E-state index in [1.807, 2.05) is 19.1 Å². The molecule has 1 N–H and O–H groups in total. The summed E-state index contributed by atoms with van der Waals surface area (Å²) >= 11 is 0. The number of aryl methyl sites for hydroxylation is 1. The molecule has 2 aromatic rings. The molecule has 1 amide bonds. The van der Waals surface area contributed by atoms with Crippen LogP contribution in [0.5, 0.6) is 0 Å². The van der Waals surface area contributed by atoms with Crippen molar-refractivity contribution in [2.75, 3.05) is 5.32 Å². The Labute approximate surface area is 105 Å². The SMILES string of the molecule is Cc1ccc(C(=O)Nc2cccccc2=O)cc1. The first-order valence-electron chi connectivity index (χ1n) is 5.64. The Balaban J connectivity index is 2.25. The lowest BCUT2D eigenvalue weighted by Crippen LogP contribution is -2.16. The van der Waals surface area contributed by atoms with Gasteiger partial charge in [0.15, 0.2) is 0 Å². The van der Waals surface area contributed by atoms with E-state index in [9.17, 15) is 9.59 Å². The molecule has 90 valence electrons. The van der Waals surface area contributed by atoms with Crippen molar-refractivity contribution in [3.63, 3.8) is 0 Å². The Morgan fingerprint density at radius 2 is 1.61 bits per heavy atom. The number of rotatable bonds is 2. The van der Waals surface area contributed by atoms with Gasteiger partial charge in [0.1, 0.15) is 0 Å². The molecule has 0 radical (unpaired) electrons. The smallest absolute Gasteiger partial charge is 0.255 e. The lowest BCUT2D eigenvalue weighted by atomic mass is 10.1. The van der Waals surface area contributed by atoms with E-state index in [0.717, 1.165) is 5.56 Å². The van der Waals surface area contributed by atoms with Crippen LogP contribution in [0.15, 0.2) is 59.4 Å². The Morgan fingerprint density at radius 1 is 0.944 bits per heavy atom. The van der Waals surface area contributed by atoms with Crippen LogP contribution in [0.2, 0.25) is 0 Å². The minimum Gasteiger partial charge on any atom is -0.319 e. The van der Waals surface area contributed by atoms with Gasteiger partial charge in [-0.15, -0.1) is 0 Å². The van der Waals surface area contributed by atoms with Gasteiger partial charge in [-0.25, -0.2) is 0 Å². The van der Waals surface area contributed by atoms with Crippen molar-refractivity contribution in [3.05, 3.63) is 75.9 Å². The average molecular weight is 239 g/mol. The monoisotopic (exact) mass is 239 g/mol. The second kappa shape index (κ2) is 5.27. The minimum atomic E-state index is -0.279. The third kappa shape index (κ3) is 2.83. The predicted molar refractivity (Wildman–Crippen MR) is 71.8 cm³/mol. The zero-order valence-corrected chi connectivity index (χ0v) is 10.0. The van der Waals surface area contributed by atoms with E-state index in [1.165, 1.54) is 6.07 Å². The summed E-state index contributed by atoms with van der Waals surface area (Å²) in [6.45, 7) is 1.95. The first-order valence-corrected chi connectivity index (χ1v) is 5.64. The van der Waals surface area contributed by atoms with Crippen LogP contribution in [0.25, 0.3) is 0 Å². The fraction of sp³-hybridized carbons (Fsp3) is 0.0667. The number of hydrogen-bond donors (Lipinski definition) is 1. The first-order chi connectivity index (χ1) is 8.66. The Bertz CT molecular complexity index is 618. The first kappa shape index (κ1) is 12.0. The summed E-state index contributed by atoms with van der Waals surface area (Å²) in [6, 6.07) is 15.3. The Kier molecular flexibility index (Phi) is 3.53.